The van der Waals surface area contributed by atoms with Gasteiger partial charge in [-0.3, -0.25) is 9.29 Å². The average molecular weight is 547 g/mol. The predicted molar refractivity (Wildman–Crippen MR) is 146 cm³/mol. The summed E-state index contributed by atoms with van der Waals surface area (Å²) in [6.07, 6.45) is 0. The normalized spacial score (nSPS) is 11.6. The Balaban J connectivity index is 1.49. The Morgan fingerprint density at radius 3 is 2.46 bits per heavy atom. The Morgan fingerprint density at radius 1 is 1.05 bits per heavy atom. The van der Waals surface area contributed by atoms with Gasteiger partial charge in [-0.05, 0) is 50.1 Å². The van der Waals surface area contributed by atoms with Crippen molar-refractivity contribution in [1.82, 2.24) is 14.7 Å². The molecule has 2 aromatic heterocycles. The summed E-state index contributed by atoms with van der Waals surface area (Å²) in [6.45, 7) is 5.96. The number of para-hydroxylation sites is 1. The van der Waals surface area contributed by atoms with Crippen LogP contribution in [0, 0.1) is 13.8 Å². The molecule has 200 valence electrons. The van der Waals surface area contributed by atoms with E-state index in [-0.39, 0.29) is 16.3 Å². The van der Waals surface area contributed by atoms with Gasteiger partial charge in [0.1, 0.15) is 5.76 Å². The Labute approximate surface area is 224 Å². The number of imidazole rings is 1. The number of ether oxygens (including phenoxy) is 1. The van der Waals surface area contributed by atoms with E-state index in [2.05, 4.69) is 14.9 Å². The molecule has 5 aromatic rings. The largest absolute Gasteiger partial charge is 0.478 e. The van der Waals surface area contributed by atoms with Crippen molar-refractivity contribution >= 4 is 32.8 Å². The van der Waals surface area contributed by atoms with E-state index in [1.165, 1.54) is 12.1 Å². The molecule has 0 unspecified atom stereocenters. The molecule has 2 N–H and O–H groups in total. The minimum absolute atomic E-state index is 0.100. The van der Waals surface area contributed by atoms with Gasteiger partial charge in [0.05, 0.1) is 34.6 Å². The summed E-state index contributed by atoms with van der Waals surface area (Å²) in [6, 6.07) is 19.3. The second-order valence-electron chi connectivity index (χ2n) is 8.90. The number of hydrogen-bond acceptors (Lipinski definition) is 7. The van der Waals surface area contributed by atoms with Crippen LogP contribution in [0.1, 0.15) is 34.2 Å². The van der Waals surface area contributed by atoms with Crippen molar-refractivity contribution in [2.45, 2.75) is 32.2 Å². The van der Waals surface area contributed by atoms with Crippen LogP contribution >= 0.6 is 0 Å². The molecule has 0 aliphatic rings. The van der Waals surface area contributed by atoms with Gasteiger partial charge in [-0.25, -0.2) is 13.2 Å². The van der Waals surface area contributed by atoms with Crippen LogP contribution in [0.3, 0.4) is 0 Å². The highest BCUT2D eigenvalue weighted by Gasteiger charge is 2.23. The van der Waals surface area contributed by atoms with Crippen LogP contribution in [-0.2, 0) is 16.6 Å². The average Bonchev–Trinajstić information content (AvgIpc) is 3.43. The van der Waals surface area contributed by atoms with Gasteiger partial charge in [0.25, 0.3) is 16.0 Å². The molecular weight excluding hydrogens is 520 g/mol. The highest BCUT2D eigenvalue weighted by atomic mass is 32.2. The van der Waals surface area contributed by atoms with Gasteiger partial charge in [0.2, 0.25) is 0 Å². The third-order valence-corrected chi connectivity index (χ3v) is 7.80. The van der Waals surface area contributed by atoms with Gasteiger partial charge >= 0.3 is 5.97 Å². The van der Waals surface area contributed by atoms with Crippen molar-refractivity contribution < 1.29 is 27.6 Å². The molecule has 0 radical (unpaired) electrons. The monoisotopic (exact) mass is 546 g/mol. The Morgan fingerprint density at radius 2 is 1.79 bits per heavy atom. The zero-order valence-corrected chi connectivity index (χ0v) is 22.3. The SMILES string of the molecule is CCOc1nc2cccc(C(=O)O)c2n1Cc1ccc(-c2ccccc2S(=O)(=O)Nc2noc(C)c2C)cc1. The lowest BCUT2D eigenvalue weighted by atomic mass is 10.0. The summed E-state index contributed by atoms with van der Waals surface area (Å²) in [4.78, 5) is 16.5. The molecule has 0 spiro atoms. The quantitative estimate of drug-likeness (QED) is 0.256. The second-order valence-corrected chi connectivity index (χ2v) is 10.6. The first-order valence-electron chi connectivity index (χ1n) is 12.2. The fraction of sp³-hybridized carbons (Fsp3) is 0.179. The Bertz CT molecular complexity index is 1790. The van der Waals surface area contributed by atoms with Gasteiger partial charge < -0.3 is 14.4 Å². The molecule has 0 fully saturated rings. The van der Waals surface area contributed by atoms with Crippen LogP contribution in [0.25, 0.3) is 22.2 Å². The number of nitrogens with one attached hydrogen (secondary N) is 1. The zero-order valence-electron chi connectivity index (χ0n) is 21.5. The van der Waals surface area contributed by atoms with Crippen LogP contribution < -0.4 is 9.46 Å². The van der Waals surface area contributed by atoms with E-state index < -0.39 is 16.0 Å². The summed E-state index contributed by atoms with van der Waals surface area (Å²) in [5.41, 5.74) is 3.81. The van der Waals surface area contributed by atoms with Crippen LogP contribution in [-0.4, -0.2) is 40.8 Å². The molecule has 10 nitrogen and oxygen atoms in total. The van der Waals surface area contributed by atoms with Crippen molar-refractivity contribution in [3.63, 3.8) is 0 Å². The molecular formula is C28H26N4O6S. The molecule has 3 aromatic carbocycles. The number of carboxylic acid groups (broad SMARTS) is 1. The summed E-state index contributed by atoms with van der Waals surface area (Å²) in [5, 5.41) is 13.5. The van der Waals surface area contributed by atoms with E-state index in [4.69, 9.17) is 9.26 Å². The number of sulfonamides is 1. The molecule has 0 saturated heterocycles. The molecule has 0 aliphatic carbocycles. The van der Waals surface area contributed by atoms with E-state index >= 15 is 0 Å². The van der Waals surface area contributed by atoms with Crippen molar-refractivity contribution in [3.8, 4) is 17.1 Å². The third-order valence-electron chi connectivity index (χ3n) is 6.41. The fourth-order valence-electron chi connectivity index (χ4n) is 4.33. The lowest BCUT2D eigenvalue weighted by Crippen LogP contribution is -2.15. The van der Waals surface area contributed by atoms with Crippen molar-refractivity contribution in [2.75, 3.05) is 11.3 Å². The Kier molecular flexibility index (Phi) is 6.83. The second kappa shape index (κ2) is 10.3. The van der Waals surface area contributed by atoms with Crippen molar-refractivity contribution in [3.05, 3.63) is 89.2 Å². The molecule has 0 saturated carbocycles. The number of hydrogen-bond donors (Lipinski definition) is 2. The minimum atomic E-state index is -3.96. The maximum absolute atomic E-state index is 13.3. The summed E-state index contributed by atoms with van der Waals surface area (Å²) >= 11 is 0. The van der Waals surface area contributed by atoms with Gasteiger partial charge in [-0.15, -0.1) is 0 Å². The van der Waals surface area contributed by atoms with Crippen molar-refractivity contribution in [2.24, 2.45) is 0 Å². The molecule has 0 atom stereocenters. The summed E-state index contributed by atoms with van der Waals surface area (Å²) in [7, 11) is -3.96. The maximum Gasteiger partial charge on any atom is 0.337 e. The third kappa shape index (κ3) is 4.96. The number of rotatable bonds is 9. The highest BCUT2D eigenvalue weighted by Crippen LogP contribution is 2.31. The summed E-state index contributed by atoms with van der Waals surface area (Å²) < 4.78 is 41.6. The number of anilines is 1. The number of carboxylic acids is 1. The highest BCUT2D eigenvalue weighted by molar-refractivity contribution is 7.92. The van der Waals surface area contributed by atoms with Crippen LogP contribution in [0.15, 0.2) is 76.1 Å². The van der Waals surface area contributed by atoms with E-state index in [0.29, 0.717) is 52.6 Å². The molecule has 39 heavy (non-hydrogen) atoms. The standard InChI is InChI=1S/C28H26N4O6S/c1-4-37-28-29-23-10-7-9-22(27(33)34)25(23)32(28)16-19-12-14-20(15-13-19)21-8-5-6-11-24(21)39(35,36)31-26-17(2)18(3)38-30-26/h5-15H,4,16H2,1-3H3,(H,30,31)(H,33,34). The van der Waals surface area contributed by atoms with Gasteiger partial charge in [-0.2, -0.15) is 4.98 Å². The molecule has 5 rings (SSSR count). The minimum Gasteiger partial charge on any atom is -0.478 e. The number of aryl methyl sites for hydroxylation is 1. The first kappa shape index (κ1) is 26.0. The number of carbonyl (C=O) groups is 1. The zero-order chi connectivity index (χ0) is 27.7. The smallest absolute Gasteiger partial charge is 0.337 e. The van der Waals surface area contributed by atoms with Gasteiger partial charge in [0, 0.05) is 11.1 Å². The van der Waals surface area contributed by atoms with Crippen LogP contribution in [0.4, 0.5) is 5.82 Å². The first-order chi connectivity index (χ1) is 18.7. The molecule has 0 bridgehead atoms. The lowest BCUT2D eigenvalue weighted by Gasteiger charge is -2.13. The van der Waals surface area contributed by atoms with Crippen LogP contribution in [0.2, 0.25) is 0 Å². The van der Waals surface area contributed by atoms with Gasteiger partial charge in [0.15, 0.2) is 5.82 Å². The lowest BCUT2D eigenvalue weighted by molar-refractivity contribution is 0.0698. The Hall–Kier alpha value is -4.64. The number of benzene rings is 3. The summed E-state index contributed by atoms with van der Waals surface area (Å²) in [5.74, 6) is -0.371. The molecule has 0 amide bonds. The number of aromatic carboxylic acids is 1. The number of aromatic nitrogens is 3. The van der Waals surface area contributed by atoms with E-state index in [1.54, 1.807) is 48.7 Å². The predicted octanol–water partition coefficient (Wildman–Crippen LogP) is 5.25. The van der Waals surface area contributed by atoms with Gasteiger partial charge in [-0.1, -0.05) is 53.7 Å². The first-order valence-corrected chi connectivity index (χ1v) is 13.7. The number of fused-ring (bicyclic) bond motifs is 1. The molecule has 0 aliphatic heterocycles. The number of nitrogens with zero attached hydrogens (tertiary/aromatic N) is 3. The van der Waals surface area contributed by atoms with E-state index in [9.17, 15) is 18.3 Å². The molecule has 11 heteroatoms. The van der Waals surface area contributed by atoms with E-state index in [0.717, 1.165) is 5.56 Å². The maximum atomic E-state index is 13.3. The molecule has 2 heterocycles. The van der Waals surface area contributed by atoms with E-state index in [1.807, 2.05) is 31.2 Å². The van der Waals surface area contributed by atoms with Crippen LogP contribution in [0.5, 0.6) is 6.01 Å². The fourth-order valence-corrected chi connectivity index (χ4v) is 5.62. The van der Waals surface area contributed by atoms with Crippen molar-refractivity contribution in [1.29, 1.82) is 0 Å². The topological polar surface area (TPSA) is 137 Å².